The Morgan fingerprint density at radius 1 is 1.38 bits per heavy atom. The summed E-state index contributed by atoms with van der Waals surface area (Å²) in [7, 11) is 0. The van der Waals surface area contributed by atoms with Crippen molar-refractivity contribution in [1.29, 1.82) is 0 Å². The van der Waals surface area contributed by atoms with Gasteiger partial charge in [0.1, 0.15) is 0 Å². The topological polar surface area (TPSA) is 52.5 Å². The predicted molar refractivity (Wildman–Crippen MR) is 59.0 cm³/mol. The Balaban J connectivity index is 2.09. The van der Waals surface area contributed by atoms with Crippen molar-refractivity contribution in [2.24, 2.45) is 5.92 Å². The fourth-order valence-corrected chi connectivity index (χ4v) is 2.19. The number of rotatable bonds is 2. The third-order valence-corrected chi connectivity index (χ3v) is 3.03. The largest absolute Gasteiger partial charge is 0.504 e. The highest BCUT2D eigenvalue weighted by atomic mass is 19.1. The van der Waals surface area contributed by atoms with Crippen LogP contribution in [0.3, 0.4) is 0 Å². The zero-order chi connectivity index (χ0) is 11.5. The fourth-order valence-electron chi connectivity index (χ4n) is 2.19. The monoisotopic (exact) mass is 225 g/mol. The van der Waals surface area contributed by atoms with Crippen LogP contribution in [0.1, 0.15) is 18.4 Å². The summed E-state index contributed by atoms with van der Waals surface area (Å²) in [5.74, 6) is -1.31. The molecule has 0 spiro atoms. The molecule has 1 unspecified atom stereocenters. The molecule has 1 fully saturated rings. The number of halogens is 1. The van der Waals surface area contributed by atoms with E-state index in [2.05, 4.69) is 5.32 Å². The molecule has 0 radical (unpaired) electrons. The zero-order valence-corrected chi connectivity index (χ0v) is 9.04. The third-order valence-electron chi connectivity index (χ3n) is 3.03. The summed E-state index contributed by atoms with van der Waals surface area (Å²) in [6.07, 6.45) is 2.99. The van der Waals surface area contributed by atoms with Crippen LogP contribution in [-0.4, -0.2) is 23.3 Å². The lowest BCUT2D eigenvalue weighted by Crippen LogP contribution is -2.30. The number of benzene rings is 1. The van der Waals surface area contributed by atoms with E-state index in [9.17, 15) is 9.50 Å². The molecule has 0 aromatic heterocycles. The molecule has 1 aromatic carbocycles. The first-order chi connectivity index (χ1) is 7.66. The molecule has 2 rings (SSSR count). The third kappa shape index (κ3) is 2.44. The van der Waals surface area contributed by atoms with Crippen LogP contribution in [0.2, 0.25) is 0 Å². The second kappa shape index (κ2) is 4.70. The van der Waals surface area contributed by atoms with Gasteiger partial charge in [0.05, 0.1) is 0 Å². The highest BCUT2D eigenvalue weighted by Crippen LogP contribution is 2.30. The highest BCUT2D eigenvalue weighted by molar-refractivity contribution is 5.42. The van der Waals surface area contributed by atoms with E-state index in [1.165, 1.54) is 12.1 Å². The molecule has 1 atom stereocenters. The summed E-state index contributed by atoms with van der Waals surface area (Å²) in [5, 5.41) is 21.7. The van der Waals surface area contributed by atoms with Crippen LogP contribution in [0.25, 0.3) is 0 Å². The minimum Gasteiger partial charge on any atom is -0.504 e. The van der Waals surface area contributed by atoms with Gasteiger partial charge in [-0.2, -0.15) is 0 Å². The van der Waals surface area contributed by atoms with Gasteiger partial charge in [-0.1, -0.05) is 0 Å². The second-order valence-electron chi connectivity index (χ2n) is 4.36. The van der Waals surface area contributed by atoms with Gasteiger partial charge in [0.2, 0.25) is 0 Å². The highest BCUT2D eigenvalue weighted by Gasteiger charge is 2.15. The van der Waals surface area contributed by atoms with Gasteiger partial charge >= 0.3 is 0 Å². The molecule has 0 saturated carbocycles. The van der Waals surface area contributed by atoms with Crippen molar-refractivity contribution in [3.63, 3.8) is 0 Å². The molecule has 16 heavy (non-hydrogen) atoms. The number of phenols is 2. The maximum atomic E-state index is 13.2. The molecule has 0 bridgehead atoms. The van der Waals surface area contributed by atoms with Gasteiger partial charge in [-0.25, -0.2) is 4.39 Å². The first kappa shape index (κ1) is 11.2. The van der Waals surface area contributed by atoms with E-state index in [4.69, 9.17) is 5.11 Å². The quantitative estimate of drug-likeness (QED) is 0.672. The summed E-state index contributed by atoms with van der Waals surface area (Å²) in [6, 6.07) is 2.73. The van der Waals surface area contributed by atoms with Crippen LogP contribution in [0.15, 0.2) is 12.1 Å². The van der Waals surface area contributed by atoms with Gasteiger partial charge in [0.25, 0.3) is 0 Å². The number of phenolic OH excluding ortho intramolecular Hbond substituents is 2. The number of hydrogen-bond acceptors (Lipinski definition) is 3. The van der Waals surface area contributed by atoms with Crippen molar-refractivity contribution >= 4 is 0 Å². The molecule has 1 saturated heterocycles. The Morgan fingerprint density at radius 2 is 2.19 bits per heavy atom. The number of aromatic hydroxyl groups is 2. The van der Waals surface area contributed by atoms with Crippen molar-refractivity contribution in [3.05, 3.63) is 23.5 Å². The van der Waals surface area contributed by atoms with E-state index in [-0.39, 0.29) is 5.75 Å². The first-order valence-electron chi connectivity index (χ1n) is 5.58. The first-order valence-corrected chi connectivity index (χ1v) is 5.58. The Kier molecular flexibility index (Phi) is 3.29. The van der Waals surface area contributed by atoms with Gasteiger partial charge < -0.3 is 15.5 Å². The van der Waals surface area contributed by atoms with Crippen molar-refractivity contribution in [2.75, 3.05) is 13.1 Å². The molecule has 0 aliphatic carbocycles. The predicted octanol–water partition coefficient (Wildman–Crippen LogP) is 1.78. The molecule has 3 nitrogen and oxygen atoms in total. The summed E-state index contributed by atoms with van der Waals surface area (Å²) >= 11 is 0. The fraction of sp³-hybridized carbons (Fsp3) is 0.500. The van der Waals surface area contributed by atoms with E-state index in [1.54, 1.807) is 0 Å². The molecule has 1 aromatic rings. The lowest BCUT2D eigenvalue weighted by atomic mass is 9.92. The number of hydrogen-bond donors (Lipinski definition) is 3. The van der Waals surface area contributed by atoms with E-state index >= 15 is 0 Å². The summed E-state index contributed by atoms with van der Waals surface area (Å²) in [5.41, 5.74) is 0.738. The van der Waals surface area contributed by atoms with Crippen LogP contribution >= 0.6 is 0 Å². The smallest absolute Gasteiger partial charge is 0.194 e. The van der Waals surface area contributed by atoms with Crippen LogP contribution < -0.4 is 5.32 Å². The molecular weight excluding hydrogens is 209 g/mol. The summed E-state index contributed by atoms with van der Waals surface area (Å²) in [6.45, 7) is 1.98. The van der Waals surface area contributed by atoms with Crippen LogP contribution in [0.4, 0.5) is 4.39 Å². The standard InChI is InChI=1S/C12H16FNO2/c13-10-5-9(6-11(15)12(10)16)4-8-2-1-3-14-7-8/h5-6,8,14-16H,1-4,7H2. The second-order valence-corrected chi connectivity index (χ2v) is 4.36. The van der Waals surface area contributed by atoms with Crippen molar-refractivity contribution in [2.45, 2.75) is 19.3 Å². The van der Waals surface area contributed by atoms with Crippen LogP contribution in [0.5, 0.6) is 11.5 Å². The Hall–Kier alpha value is -1.29. The normalized spacial score (nSPS) is 20.9. The van der Waals surface area contributed by atoms with E-state index in [0.29, 0.717) is 5.92 Å². The molecule has 1 heterocycles. The van der Waals surface area contributed by atoms with Gasteiger partial charge in [0, 0.05) is 0 Å². The molecule has 88 valence electrons. The number of piperidine rings is 1. The maximum Gasteiger partial charge on any atom is 0.194 e. The van der Waals surface area contributed by atoms with E-state index in [1.807, 2.05) is 0 Å². The molecule has 0 amide bonds. The average molecular weight is 225 g/mol. The Bertz CT molecular complexity index is 352. The lowest BCUT2D eigenvalue weighted by Gasteiger charge is -2.22. The molecule has 1 aliphatic rings. The Morgan fingerprint density at radius 3 is 2.81 bits per heavy atom. The van der Waals surface area contributed by atoms with Crippen molar-refractivity contribution in [3.8, 4) is 11.5 Å². The minimum absolute atomic E-state index is 0.376. The number of nitrogens with one attached hydrogen (secondary N) is 1. The van der Waals surface area contributed by atoms with Crippen LogP contribution in [0, 0.1) is 11.7 Å². The summed E-state index contributed by atoms with van der Waals surface area (Å²) in [4.78, 5) is 0. The van der Waals surface area contributed by atoms with Crippen molar-refractivity contribution < 1.29 is 14.6 Å². The maximum absolute atomic E-state index is 13.2. The molecule has 1 aliphatic heterocycles. The van der Waals surface area contributed by atoms with Gasteiger partial charge in [-0.05, 0) is 56.0 Å². The van der Waals surface area contributed by atoms with Gasteiger partial charge in [0.15, 0.2) is 17.3 Å². The van der Waals surface area contributed by atoms with E-state index < -0.39 is 11.6 Å². The molecular formula is C12H16FNO2. The van der Waals surface area contributed by atoms with Gasteiger partial charge in [-0.15, -0.1) is 0 Å². The average Bonchev–Trinajstić information content (AvgIpc) is 2.27. The van der Waals surface area contributed by atoms with E-state index in [0.717, 1.165) is 37.9 Å². The SMILES string of the molecule is Oc1cc(CC2CCCNC2)cc(F)c1O. The lowest BCUT2D eigenvalue weighted by molar-refractivity contribution is 0.366. The molecule has 3 N–H and O–H groups in total. The van der Waals surface area contributed by atoms with Crippen molar-refractivity contribution in [1.82, 2.24) is 5.32 Å². The van der Waals surface area contributed by atoms with Gasteiger partial charge in [-0.3, -0.25) is 0 Å². The summed E-state index contributed by atoms with van der Waals surface area (Å²) < 4.78 is 13.2. The Labute approximate surface area is 93.9 Å². The zero-order valence-electron chi connectivity index (χ0n) is 9.04. The molecule has 4 heteroatoms. The minimum atomic E-state index is -0.751. The van der Waals surface area contributed by atoms with Crippen LogP contribution in [-0.2, 0) is 6.42 Å².